The molecule has 3 aromatic carbocycles. The van der Waals surface area contributed by atoms with Crippen molar-refractivity contribution in [3.05, 3.63) is 106 Å². The lowest BCUT2D eigenvalue weighted by Gasteiger charge is -2.08. The monoisotopic (exact) mass is 530 g/mol. The summed E-state index contributed by atoms with van der Waals surface area (Å²) in [7, 11) is -3.82. The van der Waals surface area contributed by atoms with E-state index in [4.69, 9.17) is 4.99 Å². The minimum Gasteiger partial charge on any atom is -0.247 e. The molecule has 5 rings (SSSR count). The van der Waals surface area contributed by atoms with Crippen LogP contribution in [-0.2, 0) is 10.0 Å². The normalized spacial score (nSPS) is 11.3. The number of nitrogens with zero attached hydrogens (tertiary/aromatic N) is 3. The Kier molecular flexibility index (Phi) is 6.77. The van der Waals surface area contributed by atoms with Gasteiger partial charge < -0.3 is 0 Å². The van der Waals surface area contributed by atoms with Gasteiger partial charge in [0.05, 0.1) is 20.3 Å². The van der Waals surface area contributed by atoms with Crippen LogP contribution >= 0.6 is 22.7 Å². The smallest absolute Gasteiger partial charge is 0.247 e. The summed E-state index contributed by atoms with van der Waals surface area (Å²) in [4.78, 5) is 15.6. The van der Waals surface area contributed by atoms with Crippen LogP contribution in [0.2, 0.25) is 0 Å². The lowest BCUT2D eigenvalue weighted by molar-refractivity contribution is 0.601. The third-order valence-corrected chi connectivity index (χ3v) is 9.03. The van der Waals surface area contributed by atoms with E-state index in [0.29, 0.717) is 17.1 Å². The molecule has 0 amide bonds. The number of hydrogen-bond acceptors (Lipinski definition) is 7. The van der Waals surface area contributed by atoms with E-state index in [0.717, 1.165) is 24.9 Å². The summed E-state index contributed by atoms with van der Waals surface area (Å²) < 4.78 is 29.0. The van der Waals surface area contributed by atoms with Crippen LogP contribution in [0.25, 0.3) is 20.9 Å². The molecule has 0 saturated carbocycles. The van der Waals surface area contributed by atoms with E-state index in [1.165, 1.54) is 12.1 Å². The molecule has 6 nitrogen and oxygen atoms in total. The van der Waals surface area contributed by atoms with Crippen LogP contribution in [0.5, 0.6) is 0 Å². The van der Waals surface area contributed by atoms with Crippen LogP contribution in [0.1, 0.15) is 11.4 Å². The van der Waals surface area contributed by atoms with Crippen LogP contribution in [0.15, 0.2) is 101 Å². The largest absolute Gasteiger partial charge is 0.264 e. The van der Waals surface area contributed by atoms with Gasteiger partial charge in [0.1, 0.15) is 0 Å². The molecule has 180 valence electrons. The molecule has 0 bridgehead atoms. The SMILES string of the molecule is Cc1cc(C)nc(NS(=O)(=O)c2ccc(N=c3sc(-c4ccccc4)c(-c4ccccc4)s3)cc2)n1. The Morgan fingerprint density at radius 3 is 1.72 bits per heavy atom. The first-order valence-electron chi connectivity index (χ1n) is 11.1. The van der Waals surface area contributed by atoms with Crippen LogP contribution in [0, 0.1) is 13.8 Å². The minimum atomic E-state index is -3.82. The maximum atomic E-state index is 12.8. The van der Waals surface area contributed by atoms with Gasteiger partial charge in [-0.25, -0.2) is 28.1 Å². The van der Waals surface area contributed by atoms with Crippen molar-refractivity contribution < 1.29 is 8.42 Å². The highest BCUT2D eigenvalue weighted by Crippen LogP contribution is 2.37. The number of aryl methyl sites for hydroxylation is 2. The van der Waals surface area contributed by atoms with Crippen molar-refractivity contribution in [2.75, 3.05) is 4.72 Å². The van der Waals surface area contributed by atoms with Crippen molar-refractivity contribution in [1.82, 2.24) is 9.97 Å². The van der Waals surface area contributed by atoms with Gasteiger partial charge in [-0.2, -0.15) is 0 Å². The molecule has 36 heavy (non-hydrogen) atoms. The van der Waals surface area contributed by atoms with E-state index in [-0.39, 0.29) is 10.8 Å². The van der Waals surface area contributed by atoms with Gasteiger partial charge in [-0.15, -0.1) is 22.7 Å². The maximum Gasteiger partial charge on any atom is 0.264 e. The van der Waals surface area contributed by atoms with E-state index in [9.17, 15) is 8.42 Å². The second-order valence-electron chi connectivity index (χ2n) is 8.05. The van der Waals surface area contributed by atoms with E-state index < -0.39 is 10.0 Å². The Hall–Kier alpha value is -3.66. The zero-order chi connectivity index (χ0) is 25.1. The molecule has 0 radical (unpaired) electrons. The molecular formula is C27H22N4O2S3. The summed E-state index contributed by atoms with van der Waals surface area (Å²) >= 11 is 3.24. The molecule has 5 aromatic rings. The first-order chi connectivity index (χ1) is 17.4. The Morgan fingerprint density at radius 1 is 0.722 bits per heavy atom. The van der Waals surface area contributed by atoms with Crippen molar-refractivity contribution >= 4 is 44.3 Å². The fourth-order valence-electron chi connectivity index (χ4n) is 3.65. The average molecular weight is 531 g/mol. The summed E-state index contributed by atoms with van der Waals surface area (Å²) in [6, 6.07) is 28.8. The molecule has 2 aromatic heterocycles. The number of nitrogens with one attached hydrogen (secondary N) is 1. The highest BCUT2D eigenvalue weighted by atomic mass is 32.2. The fourth-order valence-corrected chi connectivity index (χ4v) is 7.09. The summed E-state index contributed by atoms with van der Waals surface area (Å²) in [5, 5.41) is 0. The predicted octanol–water partition coefficient (Wildman–Crippen LogP) is 6.58. The lowest BCUT2D eigenvalue weighted by Crippen LogP contribution is -2.15. The number of sulfonamides is 1. The van der Waals surface area contributed by atoms with Gasteiger partial charge in [0.2, 0.25) is 5.95 Å². The summed E-state index contributed by atoms with van der Waals surface area (Å²) in [6.45, 7) is 3.58. The molecule has 9 heteroatoms. The van der Waals surface area contributed by atoms with E-state index in [1.54, 1.807) is 54.7 Å². The molecule has 0 unspecified atom stereocenters. The zero-order valence-corrected chi connectivity index (χ0v) is 22.0. The molecule has 0 spiro atoms. The van der Waals surface area contributed by atoms with Crippen LogP contribution in [0.4, 0.5) is 11.6 Å². The van der Waals surface area contributed by atoms with Crippen LogP contribution in [0.3, 0.4) is 0 Å². The minimum absolute atomic E-state index is 0.0588. The highest BCUT2D eigenvalue weighted by molar-refractivity contribution is 7.92. The summed E-state index contributed by atoms with van der Waals surface area (Å²) in [5.41, 5.74) is 4.33. The van der Waals surface area contributed by atoms with E-state index >= 15 is 0 Å². The van der Waals surface area contributed by atoms with Crippen LogP contribution < -0.4 is 8.71 Å². The third-order valence-electron chi connectivity index (χ3n) is 5.23. The Bertz CT molecular complexity index is 1600. The van der Waals surface area contributed by atoms with Crippen molar-refractivity contribution in [1.29, 1.82) is 0 Å². The van der Waals surface area contributed by atoms with Crippen molar-refractivity contribution in [3.8, 4) is 20.9 Å². The molecule has 0 aliphatic rings. The number of anilines is 1. The van der Waals surface area contributed by atoms with Gasteiger partial charge in [0.15, 0.2) is 3.98 Å². The van der Waals surface area contributed by atoms with Gasteiger partial charge in [-0.1, -0.05) is 60.7 Å². The fraction of sp³-hybridized carbons (Fsp3) is 0.0741. The number of benzene rings is 3. The molecule has 0 saturated heterocycles. The molecule has 0 aliphatic heterocycles. The quantitative estimate of drug-likeness (QED) is 0.269. The Balaban J connectivity index is 1.47. The number of rotatable bonds is 6. The van der Waals surface area contributed by atoms with Crippen molar-refractivity contribution in [2.45, 2.75) is 18.7 Å². The molecule has 0 atom stereocenters. The van der Waals surface area contributed by atoms with Gasteiger partial charge >= 0.3 is 0 Å². The maximum absolute atomic E-state index is 12.8. The second-order valence-corrected chi connectivity index (χ2v) is 12.0. The molecule has 2 heterocycles. The van der Waals surface area contributed by atoms with E-state index in [1.807, 2.05) is 36.4 Å². The molecule has 1 N–H and O–H groups in total. The Morgan fingerprint density at radius 2 is 1.22 bits per heavy atom. The van der Waals surface area contributed by atoms with Gasteiger partial charge in [-0.3, -0.25) is 0 Å². The zero-order valence-electron chi connectivity index (χ0n) is 19.5. The summed E-state index contributed by atoms with van der Waals surface area (Å²) in [5.74, 6) is 0.0588. The molecule has 0 aliphatic carbocycles. The van der Waals surface area contributed by atoms with E-state index in [2.05, 4.69) is 39.0 Å². The van der Waals surface area contributed by atoms with Crippen molar-refractivity contribution in [3.63, 3.8) is 0 Å². The number of aromatic nitrogens is 2. The average Bonchev–Trinajstić information content (AvgIpc) is 3.28. The molecule has 0 fully saturated rings. The number of hydrogen-bond donors (Lipinski definition) is 1. The third kappa shape index (κ3) is 5.43. The predicted molar refractivity (Wildman–Crippen MR) is 147 cm³/mol. The standard InChI is InChI=1S/C27H22N4O2S3/c1-18-17-19(2)29-26(28-18)31-36(32,33)23-15-13-22(14-16-23)30-27-34-24(20-9-5-3-6-10-20)25(35-27)21-11-7-4-8-12-21/h3-17H,1-2H3,(H,28,29,31). The van der Waals surface area contributed by atoms with Gasteiger partial charge in [0, 0.05) is 11.4 Å². The second kappa shape index (κ2) is 10.1. The first-order valence-corrected chi connectivity index (χ1v) is 14.2. The topological polar surface area (TPSA) is 84.3 Å². The van der Waals surface area contributed by atoms with Crippen molar-refractivity contribution in [2.24, 2.45) is 4.99 Å². The van der Waals surface area contributed by atoms with Gasteiger partial charge in [-0.05, 0) is 55.3 Å². The van der Waals surface area contributed by atoms with Gasteiger partial charge in [0.25, 0.3) is 10.0 Å². The highest BCUT2D eigenvalue weighted by Gasteiger charge is 2.16. The Labute approximate surface area is 217 Å². The lowest BCUT2D eigenvalue weighted by atomic mass is 10.1. The summed E-state index contributed by atoms with van der Waals surface area (Å²) in [6.07, 6.45) is 0. The first kappa shape index (κ1) is 24.1. The van der Waals surface area contributed by atoms with Crippen LogP contribution in [-0.4, -0.2) is 18.4 Å². The molecular weight excluding hydrogens is 509 g/mol.